The lowest BCUT2D eigenvalue weighted by molar-refractivity contribution is -0.140. The quantitative estimate of drug-likeness (QED) is 0.183. The molecule has 48 heavy (non-hydrogen) atoms. The Morgan fingerprint density at radius 3 is 2.08 bits per heavy atom. The average Bonchev–Trinajstić information content (AvgIpc) is 3.62. The number of hydrogen-bond donors (Lipinski definition) is 1. The van der Waals surface area contributed by atoms with E-state index in [2.05, 4.69) is 5.32 Å². The predicted molar refractivity (Wildman–Crippen MR) is 182 cm³/mol. The molecule has 2 amide bonds. The summed E-state index contributed by atoms with van der Waals surface area (Å²) < 4.78 is 54.2. The Morgan fingerprint density at radius 1 is 0.833 bits per heavy atom. The van der Waals surface area contributed by atoms with E-state index in [-0.39, 0.29) is 41.2 Å². The third-order valence-electron chi connectivity index (χ3n) is 8.50. The molecule has 0 aromatic heterocycles. The van der Waals surface area contributed by atoms with Crippen molar-refractivity contribution in [3.05, 3.63) is 120 Å². The fourth-order valence-electron chi connectivity index (χ4n) is 5.94. The molecule has 0 bridgehead atoms. The first-order valence-corrected chi connectivity index (χ1v) is 17.3. The molecule has 252 valence electrons. The Kier molecular flexibility index (Phi) is 11.3. The highest BCUT2D eigenvalue weighted by Gasteiger charge is 2.36. The highest BCUT2D eigenvalue weighted by atomic mass is 32.2. The summed E-state index contributed by atoms with van der Waals surface area (Å²) in [5.74, 6) is -0.804. The van der Waals surface area contributed by atoms with Gasteiger partial charge in [-0.25, -0.2) is 12.8 Å². The number of carbonyl (C=O) groups is 2. The molecule has 1 unspecified atom stereocenters. The van der Waals surface area contributed by atoms with Gasteiger partial charge < -0.3 is 19.7 Å². The minimum Gasteiger partial charge on any atom is -0.493 e. The van der Waals surface area contributed by atoms with Gasteiger partial charge in [0, 0.05) is 25.1 Å². The van der Waals surface area contributed by atoms with Crippen molar-refractivity contribution in [3.63, 3.8) is 0 Å². The van der Waals surface area contributed by atoms with E-state index in [1.165, 1.54) is 49.5 Å². The lowest BCUT2D eigenvalue weighted by Gasteiger charge is -2.34. The van der Waals surface area contributed by atoms with E-state index in [9.17, 15) is 22.4 Å². The number of ether oxygens (including phenoxy) is 2. The number of carbonyl (C=O) groups excluding carboxylic acids is 2. The number of halogens is 1. The molecule has 1 fully saturated rings. The molecule has 1 aliphatic carbocycles. The Bertz CT molecular complexity index is 1780. The number of nitrogens with one attached hydrogen (secondary N) is 1. The van der Waals surface area contributed by atoms with Crippen molar-refractivity contribution >= 4 is 27.5 Å². The van der Waals surface area contributed by atoms with Crippen molar-refractivity contribution < 1.29 is 31.9 Å². The number of benzene rings is 4. The van der Waals surface area contributed by atoms with Crippen LogP contribution < -0.4 is 19.1 Å². The summed E-state index contributed by atoms with van der Waals surface area (Å²) in [4.78, 5) is 30.0. The summed E-state index contributed by atoms with van der Waals surface area (Å²) >= 11 is 0. The Balaban J connectivity index is 1.56. The molecular formula is C37H40FN3O6S. The van der Waals surface area contributed by atoms with Crippen molar-refractivity contribution in [1.82, 2.24) is 10.2 Å². The molecule has 5 rings (SSSR count). The van der Waals surface area contributed by atoms with Crippen LogP contribution in [0.3, 0.4) is 0 Å². The van der Waals surface area contributed by atoms with Crippen LogP contribution in [0.2, 0.25) is 0 Å². The molecule has 11 heteroatoms. The molecule has 0 heterocycles. The summed E-state index contributed by atoms with van der Waals surface area (Å²) in [5, 5.41) is 3.14. The van der Waals surface area contributed by atoms with E-state index >= 15 is 0 Å². The summed E-state index contributed by atoms with van der Waals surface area (Å²) in [6.07, 6.45) is 3.90. The van der Waals surface area contributed by atoms with Crippen LogP contribution in [-0.2, 0) is 32.6 Å². The van der Waals surface area contributed by atoms with Crippen molar-refractivity contribution in [2.75, 3.05) is 25.1 Å². The SMILES string of the molecule is COc1ccc(S(=O)(=O)N(CC(=O)N(Cc2ccc(F)cc2)C(Cc2ccccc2)C(=O)NC2CCCC2)c2ccccc2)cc1OC. The molecule has 1 aliphatic rings. The number of amides is 2. The standard InChI is InChI=1S/C37H40FN3O6S/c1-46-34-22-21-32(24-35(34)47-2)48(44,45)41(31-15-7-4-8-16-31)26-36(42)40(25-28-17-19-29(38)20-18-28)33(23-27-11-5-3-6-12-27)37(43)39-30-13-9-10-14-30/h3-8,11-12,15-22,24,30,33H,9-10,13-14,23,25-26H2,1-2H3,(H,39,43). The monoisotopic (exact) mass is 673 g/mol. The van der Waals surface area contributed by atoms with Crippen molar-refractivity contribution in [2.45, 2.75) is 55.6 Å². The number of hydrogen-bond acceptors (Lipinski definition) is 6. The lowest BCUT2D eigenvalue weighted by atomic mass is 10.0. The molecule has 4 aromatic carbocycles. The smallest absolute Gasteiger partial charge is 0.264 e. The van der Waals surface area contributed by atoms with Gasteiger partial charge in [-0.1, -0.05) is 73.5 Å². The molecule has 9 nitrogen and oxygen atoms in total. The van der Waals surface area contributed by atoms with Gasteiger partial charge in [0.05, 0.1) is 24.8 Å². The zero-order valence-corrected chi connectivity index (χ0v) is 27.9. The number of para-hydroxylation sites is 1. The molecule has 0 spiro atoms. The fourth-order valence-corrected chi connectivity index (χ4v) is 7.37. The van der Waals surface area contributed by atoms with E-state index in [0.29, 0.717) is 11.3 Å². The third-order valence-corrected chi connectivity index (χ3v) is 10.3. The molecule has 1 saturated carbocycles. The Hall–Kier alpha value is -4.90. The second-order valence-corrected chi connectivity index (χ2v) is 13.6. The van der Waals surface area contributed by atoms with E-state index in [0.717, 1.165) is 35.6 Å². The molecule has 0 aliphatic heterocycles. The van der Waals surface area contributed by atoms with E-state index < -0.39 is 34.3 Å². The minimum absolute atomic E-state index is 0.00945. The normalized spacial score (nSPS) is 13.8. The largest absolute Gasteiger partial charge is 0.493 e. The number of methoxy groups -OCH3 is 2. The molecule has 0 radical (unpaired) electrons. The van der Waals surface area contributed by atoms with Gasteiger partial charge in [-0.3, -0.25) is 13.9 Å². The highest BCUT2D eigenvalue weighted by Crippen LogP contribution is 2.32. The molecular weight excluding hydrogens is 633 g/mol. The van der Waals surface area contributed by atoms with Gasteiger partial charge in [0.25, 0.3) is 10.0 Å². The summed E-state index contributed by atoms with van der Waals surface area (Å²) in [7, 11) is -1.49. The first kappa shape index (κ1) is 34.4. The number of rotatable bonds is 14. The fraction of sp³-hybridized carbons (Fsp3) is 0.297. The first-order valence-electron chi connectivity index (χ1n) is 15.9. The van der Waals surface area contributed by atoms with Crippen molar-refractivity contribution in [3.8, 4) is 11.5 Å². The maximum absolute atomic E-state index is 14.6. The van der Waals surface area contributed by atoms with Gasteiger partial charge in [-0.2, -0.15) is 0 Å². The third kappa shape index (κ3) is 8.32. The second kappa shape index (κ2) is 15.8. The van der Waals surface area contributed by atoms with Crippen molar-refractivity contribution in [2.24, 2.45) is 0 Å². The topological polar surface area (TPSA) is 105 Å². The molecule has 0 saturated heterocycles. The lowest BCUT2D eigenvalue weighted by Crippen LogP contribution is -2.54. The first-order chi connectivity index (χ1) is 23.2. The molecule has 4 aromatic rings. The van der Waals surface area contributed by atoms with Crippen LogP contribution in [0.5, 0.6) is 11.5 Å². The minimum atomic E-state index is -4.34. The van der Waals surface area contributed by atoms with Crippen LogP contribution in [-0.4, -0.2) is 58.0 Å². The van der Waals surface area contributed by atoms with Crippen LogP contribution in [0.15, 0.2) is 108 Å². The van der Waals surface area contributed by atoms with Gasteiger partial charge in [0.1, 0.15) is 18.4 Å². The van der Waals surface area contributed by atoms with Crippen LogP contribution in [0.4, 0.5) is 10.1 Å². The van der Waals surface area contributed by atoms with Gasteiger partial charge in [0.2, 0.25) is 11.8 Å². The highest BCUT2D eigenvalue weighted by molar-refractivity contribution is 7.92. The molecule has 1 atom stereocenters. The van der Waals surface area contributed by atoms with E-state index in [4.69, 9.17) is 9.47 Å². The van der Waals surface area contributed by atoms with Crippen LogP contribution in [0, 0.1) is 5.82 Å². The van der Waals surface area contributed by atoms with Gasteiger partial charge in [0.15, 0.2) is 11.5 Å². The zero-order chi connectivity index (χ0) is 34.1. The van der Waals surface area contributed by atoms with Crippen LogP contribution >= 0.6 is 0 Å². The van der Waals surface area contributed by atoms with Crippen LogP contribution in [0.1, 0.15) is 36.8 Å². The maximum atomic E-state index is 14.6. The summed E-state index contributed by atoms with van der Waals surface area (Å²) in [5.41, 5.74) is 1.68. The number of nitrogens with zero attached hydrogens (tertiary/aromatic N) is 2. The maximum Gasteiger partial charge on any atom is 0.264 e. The Morgan fingerprint density at radius 2 is 1.46 bits per heavy atom. The summed E-state index contributed by atoms with van der Waals surface area (Å²) in [6.45, 7) is -0.655. The van der Waals surface area contributed by atoms with E-state index in [1.807, 2.05) is 30.3 Å². The van der Waals surface area contributed by atoms with Crippen molar-refractivity contribution in [1.29, 1.82) is 0 Å². The number of sulfonamides is 1. The van der Waals surface area contributed by atoms with Crippen LogP contribution in [0.25, 0.3) is 0 Å². The van der Waals surface area contributed by atoms with Gasteiger partial charge in [-0.05, 0) is 60.4 Å². The average molecular weight is 674 g/mol. The zero-order valence-electron chi connectivity index (χ0n) is 27.0. The second-order valence-electron chi connectivity index (χ2n) is 11.7. The van der Waals surface area contributed by atoms with Gasteiger partial charge in [-0.15, -0.1) is 0 Å². The molecule has 1 N–H and O–H groups in total. The summed E-state index contributed by atoms with van der Waals surface area (Å²) in [6, 6.07) is 26.6. The van der Waals surface area contributed by atoms with E-state index in [1.54, 1.807) is 42.5 Å². The predicted octanol–water partition coefficient (Wildman–Crippen LogP) is 5.74. The number of anilines is 1. The van der Waals surface area contributed by atoms with Gasteiger partial charge >= 0.3 is 0 Å². The Labute approximate surface area is 281 Å².